The fourth-order valence-electron chi connectivity index (χ4n) is 2.49. The molecular formula is C18H18F6N4O. The Bertz CT molecular complexity index is 779. The number of carbonyl (C=O) groups excluding carboxylic acids is 1. The minimum Gasteiger partial charge on any atom is -0.353 e. The van der Waals surface area contributed by atoms with Crippen molar-refractivity contribution in [2.75, 3.05) is 13.1 Å². The molecule has 1 aliphatic rings. The van der Waals surface area contributed by atoms with E-state index >= 15 is 0 Å². The van der Waals surface area contributed by atoms with E-state index in [0.29, 0.717) is 18.5 Å². The number of amides is 1. The van der Waals surface area contributed by atoms with Gasteiger partial charge in [0.1, 0.15) is 0 Å². The van der Waals surface area contributed by atoms with Crippen LogP contribution in [0.25, 0.3) is 11.4 Å². The van der Waals surface area contributed by atoms with Crippen LogP contribution < -0.4 is 10.6 Å². The van der Waals surface area contributed by atoms with Crippen molar-refractivity contribution >= 4 is 6.41 Å². The molecule has 1 saturated heterocycles. The van der Waals surface area contributed by atoms with Gasteiger partial charge in [0.25, 0.3) is 0 Å². The summed E-state index contributed by atoms with van der Waals surface area (Å²) >= 11 is 0. The molecule has 2 aromatic rings. The van der Waals surface area contributed by atoms with Gasteiger partial charge in [0, 0.05) is 11.8 Å². The van der Waals surface area contributed by atoms with Crippen molar-refractivity contribution in [3.8, 4) is 11.4 Å². The molecule has 5 nitrogen and oxygen atoms in total. The average Bonchev–Trinajstić information content (AvgIpc) is 3.25. The summed E-state index contributed by atoms with van der Waals surface area (Å²) in [5.74, 6) is -0.309. The van der Waals surface area contributed by atoms with Crippen LogP contribution in [0.2, 0.25) is 0 Å². The SMILES string of the molecule is C1CCNC1.O=CNCc1ccnc(-c2cc(C(F)(F)F)cc(C(F)(F)F)c2)n1. The van der Waals surface area contributed by atoms with Gasteiger partial charge in [0.2, 0.25) is 6.41 Å². The zero-order valence-corrected chi connectivity index (χ0v) is 15.1. The van der Waals surface area contributed by atoms with Gasteiger partial charge in [-0.3, -0.25) is 4.79 Å². The van der Waals surface area contributed by atoms with Crippen LogP contribution >= 0.6 is 0 Å². The second-order valence-electron chi connectivity index (χ2n) is 6.12. The highest BCUT2D eigenvalue weighted by atomic mass is 19.4. The smallest absolute Gasteiger partial charge is 0.353 e. The second kappa shape index (κ2) is 9.68. The van der Waals surface area contributed by atoms with Crippen molar-refractivity contribution in [1.82, 2.24) is 20.6 Å². The largest absolute Gasteiger partial charge is 0.416 e. The average molecular weight is 420 g/mol. The van der Waals surface area contributed by atoms with Crippen LogP contribution in [0.5, 0.6) is 0 Å². The van der Waals surface area contributed by atoms with Crippen molar-refractivity contribution < 1.29 is 31.1 Å². The molecule has 2 N–H and O–H groups in total. The van der Waals surface area contributed by atoms with Crippen LogP contribution in [-0.4, -0.2) is 29.5 Å². The first-order valence-electron chi connectivity index (χ1n) is 8.61. The van der Waals surface area contributed by atoms with E-state index in [2.05, 4.69) is 20.6 Å². The minimum absolute atomic E-state index is 0.0291. The molecule has 0 radical (unpaired) electrons. The highest BCUT2D eigenvalue weighted by molar-refractivity contribution is 5.58. The highest BCUT2D eigenvalue weighted by Crippen LogP contribution is 2.38. The zero-order chi connectivity index (χ0) is 21.5. The van der Waals surface area contributed by atoms with Crippen LogP contribution in [-0.2, 0) is 23.7 Å². The van der Waals surface area contributed by atoms with E-state index < -0.39 is 29.0 Å². The van der Waals surface area contributed by atoms with E-state index in [0.717, 1.165) is 0 Å². The van der Waals surface area contributed by atoms with E-state index in [1.54, 1.807) is 0 Å². The summed E-state index contributed by atoms with van der Waals surface area (Å²) in [6.07, 6.45) is -5.56. The lowest BCUT2D eigenvalue weighted by Gasteiger charge is -2.14. The molecule has 3 rings (SSSR count). The molecule has 11 heteroatoms. The van der Waals surface area contributed by atoms with E-state index in [9.17, 15) is 31.1 Å². The molecule has 29 heavy (non-hydrogen) atoms. The third-order valence-corrected chi connectivity index (χ3v) is 3.88. The maximum absolute atomic E-state index is 12.8. The minimum atomic E-state index is -4.95. The summed E-state index contributed by atoms with van der Waals surface area (Å²) in [6.45, 7) is 2.46. The van der Waals surface area contributed by atoms with Gasteiger partial charge < -0.3 is 10.6 Å². The molecule has 2 heterocycles. The molecule has 0 atom stereocenters. The normalized spacial score (nSPS) is 14.1. The van der Waals surface area contributed by atoms with E-state index in [1.165, 1.54) is 38.2 Å². The lowest BCUT2D eigenvalue weighted by atomic mass is 10.0. The summed E-state index contributed by atoms with van der Waals surface area (Å²) in [5, 5.41) is 5.51. The predicted molar refractivity (Wildman–Crippen MR) is 92.5 cm³/mol. The van der Waals surface area contributed by atoms with Crippen LogP contribution in [0.15, 0.2) is 30.5 Å². The van der Waals surface area contributed by atoms with Gasteiger partial charge in [-0.25, -0.2) is 9.97 Å². The van der Waals surface area contributed by atoms with Crippen LogP contribution in [0.1, 0.15) is 29.7 Å². The number of nitrogens with zero attached hydrogens (tertiary/aromatic N) is 2. The van der Waals surface area contributed by atoms with E-state index in [4.69, 9.17) is 0 Å². The molecule has 0 bridgehead atoms. The molecule has 1 aromatic carbocycles. The molecule has 158 valence electrons. The molecule has 0 aliphatic carbocycles. The molecule has 1 fully saturated rings. The Morgan fingerprint density at radius 3 is 2.03 bits per heavy atom. The number of hydrogen-bond donors (Lipinski definition) is 2. The Morgan fingerprint density at radius 2 is 1.59 bits per heavy atom. The first-order chi connectivity index (χ1) is 13.6. The van der Waals surface area contributed by atoms with Gasteiger partial charge in [0.05, 0.1) is 23.4 Å². The summed E-state index contributed by atoms with van der Waals surface area (Å²) in [4.78, 5) is 17.8. The highest BCUT2D eigenvalue weighted by Gasteiger charge is 2.37. The molecule has 0 saturated carbocycles. The summed E-state index contributed by atoms with van der Waals surface area (Å²) < 4.78 is 77.0. The van der Waals surface area contributed by atoms with Gasteiger partial charge in [0.15, 0.2) is 5.82 Å². The second-order valence-corrected chi connectivity index (χ2v) is 6.12. The van der Waals surface area contributed by atoms with Gasteiger partial charge >= 0.3 is 12.4 Å². The van der Waals surface area contributed by atoms with Gasteiger partial charge in [-0.05, 0) is 50.2 Å². The molecule has 1 amide bonds. The number of rotatable bonds is 4. The Hall–Kier alpha value is -2.69. The molecule has 0 spiro atoms. The molecular weight excluding hydrogens is 402 g/mol. The van der Waals surface area contributed by atoms with Gasteiger partial charge in [-0.2, -0.15) is 26.3 Å². The topological polar surface area (TPSA) is 66.9 Å². The third kappa shape index (κ3) is 7.00. The zero-order valence-electron chi connectivity index (χ0n) is 15.1. The number of carbonyl (C=O) groups is 1. The van der Waals surface area contributed by atoms with Crippen LogP contribution in [0.4, 0.5) is 26.3 Å². The molecule has 1 aromatic heterocycles. The Morgan fingerprint density at radius 1 is 1.00 bits per heavy atom. The van der Waals surface area contributed by atoms with E-state index in [1.807, 2.05) is 0 Å². The summed E-state index contributed by atoms with van der Waals surface area (Å²) in [5.41, 5.74) is -3.09. The van der Waals surface area contributed by atoms with Crippen molar-refractivity contribution in [3.63, 3.8) is 0 Å². The standard InChI is InChI=1S/C14H9F6N3O.C4H9N/c15-13(16,17)9-3-8(4-10(5-9)14(18,19)20)12-22-2-1-11(23-12)6-21-7-24;1-2-4-5-3-1/h1-5,7H,6H2,(H,21,24);5H,1-4H2. The van der Waals surface area contributed by atoms with Crippen molar-refractivity contribution in [3.05, 3.63) is 47.3 Å². The fraction of sp³-hybridized carbons (Fsp3) is 0.389. The van der Waals surface area contributed by atoms with Gasteiger partial charge in [-0.1, -0.05) is 0 Å². The number of aromatic nitrogens is 2. The number of hydrogen-bond acceptors (Lipinski definition) is 4. The summed E-state index contributed by atoms with van der Waals surface area (Å²) in [6, 6.07) is 2.49. The van der Waals surface area contributed by atoms with Crippen molar-refractivity contribution in [2.45, 2.75) is 31.7 Å². The van der Waals surface area contributed by atoms with Crippen LogP contribution in [0, 0.1) is 0 Å². The lowest BCUT2D eigenvalue weighted by Crippen LogP contribution is -2.13. The Labute approximate surface area is 162 Å². The molecule has 1 aliphatic heterocycles. The van der Waals surface area contributed by atoms with Crippen molar-refractivity contribution in [1.29, 1.82) is 0 Å². The quantitative estimate of drug-likeness (QED) is 0.584. The molecule has 0 unspecified atom stereocenters. The van der Waals surface area contributed by atoms with Crippen LogP contribution in [0.3, 0.4) is 0 Å². The first kappa shape index (κ1) is 22.6. The maximum atomic E-state index is 12.8. The first-order valence-corrected chi connectivity index (χ1v) is 8.61. The Balaban J connectivity index is 0.000000521. The Kier molecular flexibility index (Phi) is 7.54. The monoisotopic (exact) mass is 420 g/mol. The lowest BCUT2D eigenvalue weighted by molar-refractivity contribution is -0.143. The number of alkyl halides is 6. The number of benzene rings is 1. The number of halogens is 6. The third-order valence-electron chi connectivity index (χ3n) is 3.88. The van der Waals surface area contributed by atoms with Gasteiger partial charge in [-0.15, -0.1) is 0 Å². The fourth-order valence-corrected chi connectivity index (χ4v) is 2.49. The maximum Gasteiger partial charge on any atom is 0.416 e. The summed E-state index contributed by atoms with van der Waals surface area (Å²) in [7, 11) is 0. The van der Waals surface area contributed by atoms with Crippen molar-refractivity contribution in [2.24, 2.45) is 0 Å². The van der Waals surface area contributed by atoms with E-state index in [-0.39, 0.29) is 24.1 Å². The number of nitrogens with one attached hydrogen (secondary N) is 2. The predicted octanol–water partition coefficient (Wildman–Crippen LogP) is 3.80.